The number of hydrogen-bond donors (Lipinski definition) is 1. The maximum atomic E-state index is 12.5. The van der Waals surface area contributed by atoms with Gasteiger partial charge in [0.15, 0.2) is 0 Å². The van der Waals surface area contributed by atoms with Gasteiger partial charge in [0.05, 0.1) is 4.90 Å². The number of sulfonamides is 1. The van der Waals surface area contributed by atoms with Gasteiger partial charge in [-0.2, -0.15) is 4.31 Å². The van der Waals surface area contributed by atoms with Crippen LogP contribution in [0, 0.1) is 5.41 Å². The van der Waals surface area contributed by atoms with Gasteiger partial charge in [-0.1, -0.05) is 32.9 Å². The topological polar surface area (TPSA) is 66.5 Å². The molecule has 0 saturated carbocycles. The SMILES string of the molecule is CC(C)(C)CNC(=O)CCc1ccc(S(=O)(=O)N2CCCC2)cc1. The molecule has 1 aliphatic rings. The van der Waals surface area contributed by atoms with Gasteiger partial charge < -0.3 is 5.32 Å². The van der Waals surface area contributed by atoms with E-state index in [1.807, 2.05) is 0 Å². The minimum absolute atomic E-state index is 0.0266. The number of hydrogen-bond acceptors (Lipinski definition) is 3. The van der Waals surface area contributed by atoms with Crippen LogP contribution >= 0.6 is 0 Å². The van der Waals surface area contributed by atoms with Crippen molar-refractivity contribution in [2.75, 3.05) is 19.6 Å². The van der Waals surface area contributed by atoms with Gasteiger partial charge in [0.2, 0.25) is 15.9 Å². The molecule has 1 heterocycles. The highest BCUT2D eigenvalue weighted by Crippen LogP contribution is 2.21. The molecule has 1 N–H and O–H groups in total. The number of aryl methyl sites for hydroxylation is 1. The fourth-order valence-electron chi connectivity index (χ4n) is 2.62. The van der Waals surface area contributed by atoms with E-state index in [1.54, 1.807) is 28.6 Å². The number of nitrogens with zero attached hydrogens (tertiary/aromatic N) is 1. The third-order valence-electron chi connectivity index (χ3n) is 4.08. The van der Waals surface area contributed by atoms with Crippen molar-refractivity contribution in [2.24, 2.45) is 5.41 Å². The maximum absolute atomic E-state index is 12.5. The summed E-state index contributed by atoms with van der Waals surface area (Å²) >= 11 is 0. The number of carbonyl (C=O) groups excluding carboxylic acids is 1. The summed E-state index contributed by atoms with van der Waals surface area (Å²) in [6.07, 6.45) is 2.89. The Hall–Kier alpha value is -1.40. The number of amides is 1. The number of rotatable bonds is 6. The van der Waals surface area contributed by atoms with Crippen LogP contribution in [-0.4, -0.2) is 38.3 Å². The van der Waals surface area contributed by atoms with Crippen molar-refractivity contribution in [1.82, 2.24) is 9.62 Å². The lowest BCUT2D eigenvalue weighted by molar-refractivity contribution is -0.121. The van der Waals surface area contributed by atoms with Gasteiger partial charge in [-0.3, -0.25) is 4.79 Å². The van der Waals surface area contributed by atoms with E-state index in [4.69, 9.17) is 0 Å². The number of benzene rings is 1. The lowest BCUT2D eigenvalue weighted by atomic mass is 9.97. The van der Waals surface area contributed by atoms with Gasteiger partial charge in [-0.05, 0) is 42.4 Å². The summed E-state index contributed by atoms with van der Waals surface area (Å²) in [6, 6.07) is 6.91. The fraction of sp³-hybridized carbons (Fsp3) is 0.611. The Kier molecular flexibility index (Phi) is 6.04. The normalized spacial score (nSPS) is 16.3. The molecule has 0 aliphatic carbocycles. The van der Waals surface area contributed by atoms with Crippen LogP contribution in [0.1, 0.15) is 45.6 Å². The maximum Gasteiger partial charge on any atom is 0.243 e. The summed E-state index contributed by atoms with van der Waals surface area (Å²) in [7, 11) is -3.36. The second-order valence-corrected chi connectivity index (χ2v) is 9.53. The zero-order valence-electron chi connectivity index (χ0n) is 14.8. The quantitative estimate of drug-likeness (QED) is 0.856. The van der Waals surface area contributed by atoms with Crippen molar-refractivity contribution in [3.8, 4) is 0 Å². The second kappa shape index (κ2) is 7.66. The van der Waals surface area contributed by atoms with Gasteiger partial charge in [-0.15, -0.1) is 0 Å². The molecule has 0 radical (unpaired) electrons. The highest BCUT2D eigenvalue weighted by Gasteiger charge is 2.26. The van der Waals surface area contributed by atoms with Crippen LogP contribution in [0.4, 0.5) is 0 Å². The molecule has 134 valence electrons. The smallest absolute Gasteiger partial charge is 0.243 e. The van der Waals surface area contributed by atoms with Crippen LogP contribution in [-0.2, 0) is 21.2 Å². The molecule has 1 amide bonds. The van der Waals surface area contributed by atoms with E-state index in [0.717, 1.165) is 18.4 Å². The van der Waals surface area contributed by atoms with Crippen LogP contribution in [0.5, 0.6) is 0 Å². The summed E-state index contributed by atoms with van der Waals surface area (Å²) in [6.45, 7) is 8.10. The van der Waals surface area contributed by atoms with Gasteiger partial charge in [0, 0.05) is 26.1 Å². The van der Waals surface area contributed by atoms with Crippen molar-refractivity contribution < 1.29 is 13.2 Å². The van der Waals surface area contributed by atoms with Crippen LogP contribution in [0.15, 0.2) is 29.2 Å². The molecule has 24 heavy (non-hydrogen) atoms. The fourth-order valence-corrected chi connectivity index (χ4v) is 4.13. The van der Waals surface area contributed by atoms with E-state index < -0.39 is 10.0 Å². The Balaban J connectivity index is 1.89. The van der Waals surface area contributed by atoms with Gasteiger partial charge >= 0.3 is 0 Å². The van der Waals surface area contributed by atoms with Crippen molar-refractivity contribution in [3.05, 3.63) is 29.8 Å². The Morgan fingerprint density at radius 2 is 1.71 bits per heavy atom. The first-order valence-electron chi connectivity index (χ1n) is 8.54. The molecule has 1 aromatic carbocycles. The van der Waals surface area contributed by atoms with Crippen LogP contribution < -0.4 is 5.32 Å². The predicted molar refractivity (Wildman–Crippen MR) is 95.2 cm³/mol. The van der Waals surface area contributed by atoms with E-state index in [-0.39, 0.29) is 11.3 Å². The Labute approximate surface area is 145 Å². The molecule has 1 fully saturated rings. The van der Waals surface area contributed by atoms with Gasteiger partial charge in [0.1, 0.15) is 0 Å². The molecular weight excluding hydrogens is 324 g/mol. The molecule has 1 aromatic rings. The summed E-state index contributed by atoms with van der Waals surface area (Å²) in [5, 5.41) is 2.92. The summed E-state index contributed by atoms with van der Waals surface area (Å²) in [5.74, 6) is 0.0266. The highest BCUT2D eigenvalue weighted by molar-refractivity contribution is 7.89. The van der Waals surface area contributed by atoms with Crippen molar-refractivity contribution in [1.29, 1.82) is 0 Å². The first-order valence-corrected chi connectivity index (χ1v) is 9.98. The van der Waals surface area contributed by atoms with Crippen LogP contribution in [0.2, 0.25) is 0 Å². The third kappa shape index (κ3) is 5.31. The molecule has 0 atom stereocenters. The molecule has 2 rings (SSSR count). The van der Waals surface area contributed by atoms with Gasteiger partial charge in [0.25, 0.3) is 0 Å². The largest absolute Gasteiger partial charge is 0.356 e. The van der Waals surface area contributed by atoms with E-state index >= 15 is 0 Å². The zero-order valence-corrected chi connectivity index (χ0v) is 15.7. The Morgan fingerprint density at radius 3 is 2.25 bits per heavy atom. The monoisotopic (exact) mass is 352 g/mol. The average Bonchev–Trinajstić information content (AvgIpc) is 3.06. The second-order valence-electron chi connectivity index (χ2n) is 7.59. The van der Waals surface area contributed by atoms with E-state index in [2.05, 4.69) is 26.1 Å². The molecular formula is C18H28N2O3S. The van der Waals surface area contributed by atoms with Gasteiger partial charge in [-0.25, -0.2) is 8.42 Å². The standard InChI is InChI=1S/C18H28N2O3S/c1-18(2,3)14-19-17(21)11-8-15-6-9-16(10-7-15)24(22,23)20-12-4-5-13-20/h6-7,9-10H,4-5,8,11-14H2,1-3H3,(H,19,21). The van der Waals surface area contributed by atoms with Crippen molar-refractivity contribution in [2.45, 2.75) is 51.3 Å². The van der Waals surface area contributed by atoms with E-state index in [1.165, 1.54) is 0 Å². The lowest BCUT2D eigenvalue weighted by Crippen LogP contribution is -2.32. The molecule has 6 heteroatoms. The minimum Gasteiger partial charge on any atom is -0.356 e. The minimum atomic E-state index is -3.36. The first-order chi connectivity index (χ1) is 11.2. The summed E-state index contributed by atoms with van der Waals surface area (Å²) in [4.78, 5) is 12.2. The Morgan fingerprint density at radius 1 is 1.12 bits per heavy atom. The first kappa shape index (κ1) is 18.9. The summed E-state index contributed by atoms with van der Waals surface area (Å²) < 4.78 is 26.4. The van der Waals surface area contributed by atoms with E-state index in [9.17, 15) is 13.2 Å². The molecule has 1 aliphatic heterocycles. The van der Waals surface area contributed by atoms with Crippen LogP contribution in [0.3, 0.4) is 0 Å². The predicted octanol–water partition coefficient (Wildman–Crippen LogP) is 2.57. The Bertz CT molecular complexity index is 654. The highest BCUT2D eigenvalue weighted by atomic mass is 32.2. The zero-order chi connectivity index (χ0) is 17.8. The van der Waals surface area contributed by atoms with Crippen molar-refractivity contribution in [3.63, 3.8) is 0 Å². The summed E-state index contributed by atoms with van der Waals surface area (Å²) in [5.41, 5.74) is 1.04. The number of carbonyl (C=O) groups is 1. The average molecular weight is 353 g/mol. The molecule has 0 spiro atoms. The molecule has 1 saturated heterocycles. The number of nitrogens with one attached hydrogen (secondary N) is 1. The molecule has 0 bridgehead atoms. The molecule has 0 aromatic heterocycles. The molecule has 0 unspecified atom stereocenters. The van der Waals surface area contributed by atoms with Crippen LogP contribution in [0.25, 0.3) is 0 Å². The molecule has 5 nitrogen and oxygen atoms in total. The van der Waals surface area contributed by atoms with E-state index in [0.29, 0.717) is 37.4 Å². The third-order valence-corrected chi connectivity index (χ3v) is 6.00. The van der Waals surface area contributed by atoms with Crippen molar-refractivity contribution >= 4 is 15.9 Å². The lowest BCUT2D eigenvalue weighted by Gasteiger charge is -2.18.